The van der Waals surface area contributed by atoms with Gasteiger partial charge in [0.15, 0.2) is 11.5 Å². The van der Waals surface area contributed by atoms with E-state index in [9.17, 15) is 18.0 Å². The molecule has 9 nitrogen and oxygen atoms in total. The summed E-state index contributed by atoms with van der Waals surface area (Å²) in [6.07, 6.45) is 0. The molecule has 0 aliphatic carbocycles. The minimum atomic E-state index is -4.18. The molecule has 1 aliphatic heterocycles. The molecule has 3 aromatic carbocycles. The molecule has 11 heteroatoms. The molecule has 1 N–H and O–H groups in total. The van der Waals surface area contributed by atoms with Gasteiger partial charge in [0.25, 0.3) is 10.0 Å². The van der Waals surface area contributed by atoms with E-state index in [0.29, 0.717) is 41.8 Å². The van der Waals surface area contributed by atoms with E-state index >= 15 is 0 Å². The second-order valence-electron chi connectivity index (χ2n) is 8.84. The Kier molecular flexibility index (Phi) is 8.98. The molecule has 1 unspecified atom stereocenters. The van der Waals surface area contributed by atoms with Gasteiger partial charge in [0.05, 0.1) is 10.6 Å². The largest absolute Gasteiger partial charge is 0.486 e. The number of nitrogens with zero attached hydrogens (tertiary/aromatic N) is 2. The maximum absolute atomic E-state index is 13.9. The van der Waals surface area contributed by atoms with E-state index in [2.05, 4.69) is 5.32 Å². The molecule has 0 saturated carbocycles. The zero-order valence-electron chi connectivity index (χ0n) is 21.7. The highest BCUT2D eigenvalue weighted by molar-refractivity contribution is 7.92. The number of fused-ring (bicyclic) bond motifs is 1. The number of hydrogen-bond acceptors (Lipinski definition) is 6. The number of nitrogens with one attached hydrogen (secondary N) is 1. The van der Waals surface area contributed by atoms with Crippen LogP contribution in [0.5, 0.6) is 11.5 Å². The highest BCUT2D eigenvalue weighted by Crippen LogP contribution is 2.36. The van der Waals surface area contributed by atoms with Crippen molar-refractivity contribution in [1.29, 1.82) is 0 Å². The molecule has 206 valence electrons. The molecule has 4 rings (SSSR count). The topological polar surface area (TPSA) is 105 Å². The van der Waals surface area contributed by atoms with Crippen molar-refractivity contribution in [2.24, 2.45) is 0 Å². The van der Waals surface area contributed by atoms with Gasteiger partial charge in [0, 0.05) is 24.2 Å². The summed E-state index contributed by atoms with van der Waals surface area (Å²) >= 11 is 6.37. The molecule has 0 saturated heterocycles. The van der Waals surface area contributed by atoms with Crippen molar-refractivity contribution in [1.82, 2.24) is 10.2 Å². The third kappa shape index (κ3) is 6.46. The third-order valence-electron chi connectivity index (χ3n) is 6.24. The van der Waals surface area contributed by atoms with Gasteiger partial charge in [-0.25, -0.2) is 8.42 Å². The van der Waals surface area contributed by atoms with Crippen LogP contribution in [0.15, 0.2) is 77.7 Å². The summed E-state index contributed by atoms with van der Waals surface area (Å²) in [7, 11) is -4.18. The summed E-state index contributed by atoms with van der Waals surface area (Å²) < 4.78 is 40.0. The number of sulfonamides is 1. The van der Waals surface area contributed by atoms with Crippen molar-refractivity contribution in [2.45, 2.75) is 31.3 Å². The first-order valence-corrected chi connectivity index (χ1v) is 14.3. The van der Waals surface area contributed by atoms with Crippen LogP contribution in [-0.2, 0) is 26.2 Å². The number of carbonyl (C=O) groups is 2. The van der Waals surface area contributed by atoms with E-state index in [4.69, 9.17) is 21.1 Å². The molecule has 0 fully saturated rings. The lowest BCUT2D eigenvalue weighted by Gasteiger charge is -2.32. The van der Waals surface area contributed by atoms with Crippen molar-refractivity contribution < 1.29 is 27.5 Å². The third-order valence-corrected chi connectivity index (χ3v) is 8.40. The fourth-order valence-electron chi connectivity index (χ4n) is 4.15. The number of benzene rings is 3. The second kappa shape index (κ2) is 12.4. The molecule has 1 heterocycles. The Morgan fingerprint density at radius 3 is 2.33 bits per heavy atom. The molecular weight excluding hydrogens is 542 g/mol. The molecule has 0 spiro atoms. The van der Waals surface area contributed by atoms with Gasteiger partial charge < -0.3 is 19.7 Å². The quantitative estimate of drug-likeness (QED) is 0.396. The first-order valence-electron chi connectivity index (χ1n) is 12.5. The molecule has 0 bridgehead atoms. The van der Waals surface area contributed by atoms with Crippen molar-refractivity contribution in [3.63, 3.8) is 0 Å². The average molecular weight is 572 g/mol. The molecule has 39 heavy (non-hydrogen) atoms. The maximum atomic E-state index is 13.9. The van der Waals surface area contributed by atoms with E-state index in [-0.39, 0.29) is 23.0 Å². The van der Waals surface area contributed by atoms with E-state index in [1.807, 2.05) is 0 Å². The zero-order chi connectivity index (χ0) is 28.0. The molecule has 3 aromatic rings. The van der Waals surface area contributed by atoms with Crippen LogP contribution in [0.1, 0.15) is 19.4 Å². The Labute approximate surface area is 233 Å². The van der Waals surface area contributed by atoms with Crippen LogP contribution >= 0.6 is 11.6 Å². The predicted octanol–water partition coefficient (Wildman–Crippen LogP) is 3.86. The lowest BCUT2D eigenvalue weighted by molar-refractivity contribution is -0.139. The number of anilines is 1. The summed E-state index contributed by atoms with van der Waals surface area (Å²) in [6.45, 7) is 3.90. The Hall–Kier alpha value is -3.76. The van der Waals surface area contributed by atoms with Crippen LogP contribution in [0, 0.1) is 0 Å². The van der Waals surface area contributed by atoms with Crippen LogP contribution in [0.25, 0.3) is 0 Å². The summed E-state index contributed by atoms with van der Waals surface area (Å²) in [6, 6.07) is 18.7. The molecule has 0 aromatic heterocycles. The number of likely N-dealkylation sites (N-methyl/N-ethyl adjacent to an activating group) is 1. The summed E-state index contributed by atoms with van der Waals surface area (Å²) in [5.41, 5.74) is 0.847. The fraction of sp³-hybridized carbons (Fsp3) is 0.286. The smallest absolute Gasteiger partial charge is 0.264 e. The minimum absolute atomic E-state index is 0.0111. The second-order valence-corrected chi connectivity index (χ2v) is 11.1. The monoisotopic (exact) mass is 571 g/mol. The summed E-state index contributed by atoms with van der Waals surface area (Å²) in [5.74, 6) is -0.0839. The average Bonchev–Trinajstić information content (AvgIpc) is 2.95. The van der Waals surface area contributed by atoms with Crippen LogP contribution in [0.4, 0.5) is 5.69 Å². The summed E-state index contributed by atoms with van der Waals surface area (Å²) in [4.78, 5) is 28.0. The van der Waals surface area contributed by atoms with Crippen LogP contribution in [-0.4, -0.2) is 57.5 Å². The Balaban J connectivity index is 1.74. The number of ether oxygens (including phenoxy) is 2. The highest BCUT2D eigenvalue weighted by atomic mass is 35.5. The van der Waals surface area contributed by atoms with Gasteiger partial charge in [0.2, 0.25) is 11.8 Å². The molecular formula is C28H30ClN3O6S. The van der Waals surface area contributed by atoms with Crippen molar-refractivity contribution in [3.8, 4) is 11.5 Å². The molecule has 1 aliphatic rings. The first kappa shape index (κ1) is 28.3. The Morgan fingerprint density at radius 2 is 1.64 bits per heavy atom. The maximum Gasteiger partial charge on any atom is 0.264 e. The van der Waals surface area contributed by atoms with Crippen molar-refractivity contribution in [3.05, 3.63) is 83.4 Å². The lowest BCUT2D eigenvalue weighted by atomic mass is 10.1. The van der Waals surface area contributed by atoms with Gasteiger partial charge in [0.1, 0.15) is 25.8 Å². The highest BCUT2D eigenvalue weighted by Gasteiger charge is 2.33. The summed E-state index contributed by atoms with van der Waals surface area (Å²) in [5, 5.41) is 3.16. The molecule has 1 atom stereocenters. The minimum Gasteiger partial charge on any atom is -0.486 e. The number of carbonyl (C=O) groups excluding carboxylic acids is 2. The standard InChI is InChI=1S/C28H30ClN3O6S/c1-3-30-28(34)20(2)31(18-21-9-7-8-12-24(21)29)27(33)19-32(39(35,36)23-10-5-4-6-11-23)22-13-14-25-26(17-22)38-16-15-37-25/h4-14,17,20H,3,15-16,18-19H2,1-2H3,(H,30,34). The van der Waals surface area contributed by atoms with Gasteiger partial charge in [-0.3, -0.25) is 13.9 Å². The Bertz CT molecular complexity index is 1430. The number of amides is 2. The van der Waals surface area contributed by atoms with Crippen LogP contribution in [0.3, 0.4) is 0 Å². The van der Waals surface area contributed by atoms with Crippen LogP contribution in [0.2, 0.25) is 5.02 Å². The number of hydrogen-bond donors (Lipinski definition) is 1. The van der Waals surface area contributed by atoms with E-state index in [1.54, 1.807) is 68.4 Å². The van der Waals surface area contributed by atoms with Crippen molar-refractivity contribution >= 4 is 39.1 Å². The lowest BCUT2D eigenvalue weighted by Crippen LogP contribution is -2.51. The SMILES string of the molecule is CCNC(=O)C(C)N(Cc1ccccc1Cl)C(=O)CN(c1ccc2c(c1)OCCO2)S(=O)(=O)c1ccccc1. The van der Waals surface area contributed by atoms with Crippen LogP contribution < -0.4 is 19.1 Å². The molecule has 0 radical (unpaired) electrons. The predicted molar refractivity (Wildman–Crippen MR) is 149 cm³/mol. The van der Waals surface area contributed by atoms with Gasteiger partial charge in [-0.15, -0.1) is 0 Å². The van der Waals surface area contributed by atoms with E-state index in [1.165, 1.54) is 23.1 Å². The Morgan fingerprint density at radius 1 is 0.974 bits per heavy atom. The van der Waals surface area contributed by atoms with Gasteiger partial charge in [-0.1, -0.05) is 48.0 Å². The first-order chi connectivity index (χ1) is 18.7. The molecule has 2 amide bonds. The fourth-order valence-corrected chi connectivity index (χ4v) is 5.77. The van der Waals surface area contributed by atoms with Gasteiger partial charge in [-0.05, 0) is 49.7 Å². The van der Waals surface area contributed by atoms with Gasteiger partial charge in [-0.2, -0.15) is 0 Å². The van der Waals surface area contributed by atoms with Crippen molar-refractivity contribution in [2.75, 3.05) is 30.6 Å². The normalized spacial score (nSPS) is 13.3. The van der Waals surface area contributed by atoms with E-state index < -0.39 is 28.5 Å². The zero-order valence-corrected chi connectivity index (χ0v) is 23.2. The number of halogens is 1. The van der Waals surface area contributed by atoms with E-state index in [0.717, 1.165) is 4.31 Å². The number of rotatable bonds is 10. The van der Waals surface area contributed by atoms with Gasteiger partial charge >= 0.3 is 0 Å².